The summed E-state index contributed by atoms with van der Waals surface area (Å²) in [4.78, 5) is 23.4. The number of aromatic amines is 1. The lowest BCUT2D eigenvalue weighted by Crippen LogP contribution is -2.53. The Morgan fingerprint density at radius 3 is 2.55 bits per heavy atom. The van der Waals surface area contributed by atoms with E-state index in [1.165, 1.54) is 45.1 Å². The lowest BCUT2D eigenvalue weighted by molar-refractivity contribution is 0.143. The molecule has 1 spiro atoms. The van der Waals surface area contributed by atoms with Gasteiger partial charge in [0.15, 0.2) is 5.65 Å². The summed E-state index contributed by atoms with van der Waals surface area (Å²) in [6, 6.07) is 7.34. The van der Waals surface area contributed by atoms with Crippen LogP contribution in [0.25, 0.3) is 27.9 Å². The summed E-state index contributed by atoms with van der Waals surface area (Å²) in [6.45, 7) is 5.22. The molecule has 5 heterocycles. The van der Waals surface area contributed by atoms with E-state index in [0.717, 1.165) is 28.3 Å². The smallest absolute Gasteiger partial charge is 0.257 e. The van der Waals surface area contributed by atoms with Crippen LogP contribution in [0.15, 0.2) is 41.5 Å². The van der Waals surface area contributed by atoms with Gasteiger partial charge in [0.2, 0.25) is 0 Å². The van der Waals surface area contributed by atoms with Gasteiger partial charge in [-0.2, -0.15) is 5.10 Å². The van der Waals surface area contributed by atoms with Crippen molar-refractivity contribution in [3.63, 3.8) is 0 Å². The van der Waals surface area contributed by atoms with Crippen molar-refractivity contribution < 1.29 is 0 Å². The first-order chi connectivity index (χ1) is 15.0. The molecule has 0 amide bonds. The summed E-state index contributed by atoms with van der Waals surface area (Å²) in [6.07, 6.45) is 12.2. The minimum Gasteiger partial charge on any atom is -0.328 e. The molecular formula is C24H28N6O. The maximum Gasteiger partial charge on any atom is 0.257 e. The lowest BCUT2D eigenvalue weighted by atomic mass is 9.72. The van der Waals surface area contributed by atoms with Crippen molar-refractivity contribution in [2.24, 2.45) is 0 Å². The number of fused-ring (bicyclic) bond motifs is 2. The molecule has 6 rings (SSSR count). The summed E-state index contributed by atoms with van der Waals surface area (Å²) in [7, 11) is 0. The molecule has 7 heteroatoms. The number of aromatic nitrogens is 5. The molecule has 1 aliphatic carbocycles. The van der Waals surface area contributed by atoms with E-state index < -0.39 is 0 Å². The minimum absolute atomic E-state index is 0.138. The normalized spacial score (nSPS) is 17.4. The highest BCUT2D eigenvalue weighted by atomic mass is 16.1. The summed E-state index contributed by atoms with van der Waals surface area (Å²) in [5.41, 5.74) is 5.45. The first-order valence-electron chi connectivity index (χ1n) is 11.1. The molecular weight excluding hydrogens is 388 g/mol. The zero-order valence-corrected chi connectivity index (χ0v) is 18.1. The Morgan fingerprint density at radius 2 is 1.84 bits per heavy atom. The lowest BCUT2D eigenvalue weighted by Gasteiger charge is -2.45. The Morgan fingerprint density at radius 1 is 1.00 bits per heavy atom. The third kappa shape index (κ3) is 3.85. The molecule has 1 saturated carbocycles. The second-order valence-electron chi connectivity index (χ2n) is 8.82. The standard InChI is InChI=1S/C16H13N5O.C8H15N/c1-9-7-14(20-21-8-10(2)18-15(9)21)13-4-3-11-12(19-13)5-6-17-16(11)22;1-2-7-9-8(4-1)5-3-6-8/h3-8H,1-2H3,(H,17,22);9H,1-7H2. The van der Waals surface area contributed by atoms with E-state index in [-0.39, 0.29) is 5.56 Å². The summed E-state index contributed by atoms with van der Waals surface area (Å²) < 4.78 is 1.77. The van der Waals surface area contributed by atoms with Crippen LogP contribution in [-0.4, -0.2) is 36.6 Å². The number of pyridine rings is 2. The van der Waals surface area contributed by atoms with E-state index >= 15 is 0 Å². The SMILES string of the molecule is C1CCC2(CCC2)NC1.Cc1cn2nc(-c3ccc4c(=O)[nH]ccc4n3)cc(C)c2n1. The van der Waals surface area contributed by atoms with Crippen LogP contribution in [0.5, 0.6) is 0 Å². The maximum atomic E-state index is 11.7. The van der Waals surface area contributed by atoms with E-state index in [4.69, 9.17) is 0 Å². The van der Waals surface area contributed by atoms with Gasteiger partial charge in [0.25, 0.3) is 5.56 Å². The summed E-state index contributed by atoms with van der Waals surface area (Å²) in [5.74, 6) is 0. The highest BCUT2D eigenvalue weighted by Crippen LogP contribution is 2.37. The second-order valence-corrected chi connectivity index (χ2v) is 8.82. The van der Waals surface area contributed by atoms with E-state index in [0.29, 0.717) is 16.4 Å². The number of hydrogen-bond donors (Lipinski definition) is 2. The molecule has 4 aromatic rings. The number of aryl methyl sites for hydroxylation is 2. The number of rotatable bonds is 1. The second kappa shape index (κ2) is 7.89. The number of H-pyrrole nitrogens is 1. The van der Waals surface area contributed by atoms with Crippen molar-refractivity contribution in [2.75, 3.05) is 6.54 Å². The molecule has 0 unspecified atom stereocenters. The number of nitrogens with zero attached hydrogens (tertiary/aromatic N) is 4. The van der Waals surface area contributed by atoms with Gasteiger partial charge in [0.1, 0.15) is 5.69 Å². The molecule has 0 bridgehead atoms. The van der Waals surface area contributed by atoms with Crippen LogP contribution in [0.3, 0.4) is 0 Å². The van der Waals surface area contributed by atoms with Gasteiger partial charge in [-0.3, -0.25) is 4.79 Å². The molecule has 1 aliphatic heterocycles. The molecule has 31 heavy (non-hydrogen) atoms. The van der Waals surface area contributed by atoms with Crippen LogP contribution in [-0.2, 0) is 0 Å². The zero-order valence-electron chi connectivity index (χ0n) is 18.1. The summed E-state index contributed by atoms with van der Waals surface area (Å²) in [5, 5.41) is 8.77. The van der Waals surface area contributed by atoms with E-state index in [1.807, 2.05) is 32.2 Å². The number of nitrogens with one attached hydrogen (secondary N) is 2. The van der Waals surface area contributed by atoms with E-state index in [1.54, 1.807) is 22.8 Å². The van der Waals surface area contributed by atoms with Gasteiger partial charge in [0, 0.05) is 11.7 Å². The molecule has 2 N–H and O–H groups in total. The fraction of sp³-hybridized carbons (Fsp3) is 0.417. The van der Waals surface area contributed by atoms with E-state index in [2.05, 4.69) is 25.4 Å². The third-order valence-corrected chi connectivity index (χ3v) is 6.51. The highest BCUT2D eigenvalue weighted by Gasteiger charge is 2.36. The van der Waals surface area contributed by atoms with Crippen LogP contribution >= 0.6 is 0 Å². The highest BCUT2D eigenvalue weighted by molar-refractivity contribution is 5.80. The molecule has 4 aromatic heterocycles. The first kappa shape index (κ1) is 19.9. The molecule has 0 aromatic carbocycles. The quantitative estimate of drug-likeness (QED) is 0.491. The average molecular weight is 417 g/mol. The first-order valence-corrected chi connectivity index (χ1v) is 11.1. The monoisotopic (exact) mass is 416 g/mol. The van der Waals surface area contributed by atoms with Crippen molar-refractivity contribution in [1.82, 2.24) is 29.9 Å². The van der Waals surface area contributed by atoms with Gasteiger partial charge in [-0.05, 0) is 82.3 Å². The van der Waals surface area contributed by atoms with Crippen molar-refractivity contribution in [3.05, 3.63) is 58.3 Å². The van der Waals surface area contributed by atoms with Crippen molar-refractivity contribution in [2.45, 2.75) is 57.9 Å². The molecule has 0 atom stereocenters. The van der Waals surface area contributed by atoms with Gasteiger partial charge in [-0.25, -0.2) is 14.5 Å². The Balaban J connectivity index is 0.000000189. The largest absolute Gasteiger partial charge is 0.328 e. The van der Waals surface area contributed by atoms with Gasteiger partial charge in [-0.1, -0.05) is 6.42 Å². The predicted octanol–water partition coefficient (Wildman–Crippen LogP) is 3.93. The number of imidazole rings is 1. The van der Waals surface area contributed by atoms with Crippen LogP contribution in [0.1, 0.15) is 49.8 Å². The van der Waals surface area contributed by atoms with Crippen LogP contribution in [0, 0.1) is 13.8 Å². The summed E-state index contributed by atoms with van der Waals surface area (Å²) >= 11 is 0. The van der Waals surface area contributed by atoms with Crippen molar-refractivity contribution in [3.8, 4) is 11.4 Å². The minimum atomic E-state index is -0.138. The molecule has 2 aliphatic rings. The molecule has 7 nitrogen and oxygen atoms in total. The van der Waals surface area contributed by atoms with Crippen LogP contribution in [0.4, 0.5) is 0 Å². The fourth-order valence-corrected chi connectivity index (χ4v) is 4.64. The Bertz CT molecular complexity index is 1290. The molecule has 0 radical (unpaired) electrons. The third-order valence-electron chi connectivity index (χ3n) is 6.51. The van der Waals surface area contributed by atoms with Crippen molar-refractivity contribution >= 4 is 16.6 Å². The Hall–Kier alpha value is -3.06. The zero-order chi connectivity index (χ0) is 21.4. The van der Waals surface area contributed by atoms with Gasteiger partial charge < -0.3 is 10.3 Å². The Labute approximate surface area is 180 Å². The maximum absolute atomic E-state index is 11.7. The van der Waals surface area contributed by atoms with Crippen LogP contribution < -0.4 is 10.9 Å². The van der Waals surface area contributed by atoms with Crippen LogP contribution in [0.2, 0.25) is 0 Å². The average Bonchev–Trinajstić information content (AvgIpc) is 3.14. The van der Waals surface area contributed by atoms with E-state index in [9.17, 15) is 4.79 Å². The predicted molar refractivity (Wildman–Crippen MR) is 122 cm³/mol. The number of hydrogen-bond acceptors (Lipinski definition) is 5. The van der Waals surface area contributed by atoms with Gasteiger partial charge >= 0.3 is 0 Å². The molecule has 1 saturated heterocycles. The Kier molecular flexibility index (Phi) is 5.06. The fourth-order valence-electron chi connectivity index (χ4n) is 4.64. The molecule has 2 fully saturated rings. The van der Waals surface area contributed by atoms with Gasteiger partial charge in [0.05, 0.1) is 28.5 Å². The topological polar surface area (TPSA) is 88.0 Å². The van der Waals surface area contributed by atoms with Gasteiger partial charge in [-0.15, -0.1) is 0 Å². The molecule has 160 valence electrons. The van der Waals surface area contributed by atoms with Crippen molar-refractivity contribution in [1.29, 1.82) is 0 Å². The number of piperidine rings is 1.